The Hall–Kier alpha value is -3.94. The number of nitrogens with one attached hydrogen (secondary N) is 3. The lowest BCUT2D eigenvalue weighted by Gasteiger charge is -2.24. The molecule has 3 atom stereocenters. The number of nitrogens with two attached hydrogens (primary N) is 1. The van der Waals surface area contributed by atoms with Crippen LogP contribution in [0.5, 0.6) is 0 Å². The lowest BCUT2D eigenvalue weighted by Crippen LogP contribution is -2.45. The summed E-state index contributed by atoms with van der Waals surface area (Å²) < 4.78 is 4.99. The van der Waals surface area contributed by atoms with Crippen LogP contribution < -0.4 is 21.7 Å². The molecule has 14 heteroatoms. The molecule has 13 nitrogen and oxygen atoms in total. The third-order valence-electron chi connectivity index (χ3n) is 8.15. The summed E-state index contributed by atoms with van der Waals surface area (Å²) in [5.74, 6) is -1.70. The molecule has 6 amide bonds. The number of nitrogens with zero attached hydrogens (tertiary/aromatic N) is 1. The fraction of sp³-hybridized carbons (Fsp3) is 0.629. The number of carbonyl (C=O) groups excluding carboxylic acids is 7. The van der Waals surface area contributed by atoms with Gasteiger partial charge in [-0.2, -0.15) is 0 Å². The van der Waals surface area contributed by atoms with Gasteiger partial charge in [-0.3, -0.25) is 33.7 Å². The molecule has 0 aromatic heterocycles. The van der Waals surface area contributed by atoms with Crippen LogP contribution in [-0.2, 0) is 40.1 Å². The third kappa shape index (κ3) is 15.4. The fourth-order valence-electron chi connectivity index (χ4n) is 5.35. The summed E-state index contributed by atoms with van der Waals surface area (Å²) in [5, 5.41) is 7.87. The van der Waals surface area contributed by atoms with Crippen LogP contribution in [0.1, 0.15) is 97.5 Å². The summed E-state index contributed by atoms with van der Waals surface area (Å²) >= 11 is 1.55. The number of primary amides is 1. The highest BCUT2D eigenvalue weighted by Gasteiger charge is 2.38. The van der Waals surface area contributed by atoms with Crippen LogP contribution in [0.4, 0.5) is 10.5 Å². The van der Waals surface area contributed by atoms with Gasteiger partial charge in [0.05, 0.1) is 11.3 Å². The fourth-order valence-corrected chi connectivity index (χ4v) is 6.62. The molecule has 1 fully saturated rings. The molecule has 1 heterocycles. The van der Waals surface area contributed by atoms with Gasteiger partial charge in [-0.25, -0.2) is 4.79 Å². The summed E-state index contributed by atoms with van der Waals surface area (Å²) in [6, 6.07) is 5.30. The molecule has 0 radical (unpaired) electrons. The number of benzene rings is 1. The van der Waals surface area contributed by atoms with E-state index in [0.29, 0.717) is 44.3 Å². The second kappa shape index (κ2) is 21.9. The molecule has 1 unspecified atom stereocenters. The maximum atomic E-state index is 13.5. The van der Waals surface area contributed by atoms with Crippen LogP contribution in [-0.4, -0.2) is 76.4 Å². The van der Waals surface area contributed by atoms with Crippen molar-refractivity contribution in [2.75, 3.05) is 24.2 Å². The maximum Gasteiger partial charge on any atom is 0.312 e. The Balaban J connectivity index is 1.90. The van der Waals surface area contributed by atoms with Gasteiger partial charge in [0, 0.05) is 50.9 Å². The van der Waals surface area contributed by atoms with E-state index in [9.17, 15) is 33.6 Å². The number of thioether (sulfide) groups is 1. The quantitative estimate of drug-likeness (QED) is 0.0738. The molecule has 5 N–H and O–H groups in total. The SMILES string of the molecule is CCCCSC1CC(=O)N(CCCCCC(=O)N[C@H](C(=O)C[C@@H](CCCNC(N)=O)C(=O)Nc2ccc(COC(C)=O)cc2)C(C)C)C1=O. The number of esters is 1. The van der Waals surface area contributed by atoms with Crippen molar-refractivity contribution in [2.24, 2.45) is 17.6 Å². The number of unbranched alkanes of at least 4 members (excludes halogenated alkanes) is 3. The number of hydrogen-bond donors (Lipinski definition) is 4. The van der Waals surface area contributed by atoms with E-state index in [2.05, 4.69) is 22.9 Å². The largest absolute Gasteiger partial charge is 0.461 e. The maximum absolute atomic E-state index is 13.5. The smallest absolute Gasteiger partial charge is 0.312 e. The first-order chi connectivity index (χ1) is 23.3. The van der Waals surface area contributed by atoms with Crippen LogP contribution >= 0.6 is 11.8 Å². The molecule has 272 valence electrons. The van der Waals surface area contributed by atoms with Crippen LogP contribution in [0.25, 0.3) is 0 Å². The van der Waals surface area contributed by atoms with Gasteiger partial charge in [-0.15, -0.1) is 11.8 Å². The highest BCUT2D eigenvalue weighted by Crippen LogP contribution is 2.26. The standard InChI is InChI=1S/C35H53N5O8S/c1-5-6-19-49-29-21-31(44)40(34(29)46)18-9-7-8-12-30(43)39-32(23(2)3)28(42)20-26(11-10-17-37-35(36)47)33(45)38-27-15-13-25(14-16-27)22-48-24(4)41/h13-16,23,26,29,32H,5-12,17-22H2,1-4H3,(H,38,45)(H,39,43)(H3,36,37,47)/t26-,29?,32+/m1/s1. The van der Waals surface area contributed by atoms with Crippen LogP contribution in [0, 0.1) is 11.8 Å². The Kier molecular flexibility index (Phi) is 18.4. The monoisotopic (exact) mass is 703 g/mol. The Bertz CT molecular complexity index is 1290. The minimum absolute atomic E-state index is 0.107. The zero-order chi connectivity index (χ0) is 36.3. The van der Waals surface area contributed by atoms with E-state index in [-0.39, 0.29) is 73.0 Å². The molecule has 1 aliphatic rings. The summed E-state index contributed by atoms with van der Waals surface area (Å²) in [5.41, 5.74) is 6.40. The number of anilines is 1. The van der Waals surface area contributed by atoms with E-state index in [1.807, 2.05) is 13.8 Å². The number of hydrogen-bond acceptors (Lipinski definition) is 9. The van der Waals surface area contributed by atoms with E-state index in [4.69, 9.17) is 10.5 Å². The minimum Gasteiger partial charge on any atom is -0.461 e. The number of amides is 6. The van der Waals surface area contributed by atoms with Gasteiger partial charge in [-0.05, 0) is 61.5 Å². The molecule has 1 saturated heterocycles. The number of rotatable bonds is 23. The number of ketones is 1. The van der Waals surface area contributed by atoms with Crippen LogP contribution in [0.3, 0.4) is 0 Å². The Morgan fingerprint density at radius 3 is 2.37 bits per heavy atom. The average Bonchev–Trinajstić information content (AvgIpc) is 3.31. The Labute approximate surface area is 293 Å². The van der Waals surface area contributed by atoms with Gasteiger partial charge >= 0.3 is 12.0 Å². The molecule has 0 bridgehead atoms. The van der Waals surface area contributed by atoms with Crippen molar-refractivity contribution in [1.29, 1.82) is 0 Å². The average molecular weight is 704 g/mol. The van der Waals surface area contributed by atoms with Crippen molar-refractivity contribution >= 4 is 58.9 Å². The first-order valence-corrected chi connectivity index (χ1v) is 18.2. The van der Waals surface area contributed by atoms with Crippen LogP contribution in [0.2, 0.25) is 0 Å². The van der Waals surface area contributed by atoms with Gasteiger partial charge < -0.3 is 26.4 Å². The summed E-state index contributed by atoms with van der Waals surface area (Å²) in [6.45, 7) is 7.74. The molecule has 0 saturated carbocycles. The van der Waals surface area contributed by atoms with Crippen molar-refractivity contribution in [3.63, 3.8) is 0 Å². The van der Waals surface area contributed by atoms with Gasteiger partial charge in [0.2, 0.25) is 23.6 Å². The molecular weight excluding hydrogens is 650 g/mol. The topological polar surface area (TPSA) is 194 Å². The van der Waals surface area contributed by atoms with Crippen molar-refractivity contribution in [1.82, 2.24) is 15.5 Å². The molecule has 0 spiro atoms. The zero-order valence-electron chi connectivity index (χ0n) is 29.2. The lowest BCUT2D eigenvalue weighted by molar-refractivity contribution is -0.142. The number of imide groups is 1. The number of carbonyl (C=O) groups is 7. The summed E-state index contributed by atoms with van der Waals surface area (Å²) in [4.78, 5) is 88.2. The van der Waals surface area contributed by atoms with Crippen molar-refractivity contribution in [3.8, 4) is 0 Å². The predicted molar refractivity (Wildman–Crippen MR) is 188 cm³/mol. The molecular formula is C35H53N5O8S. The third-order valence-corrected chi connectivity index (χ3v) is 9.44. The van der Waals surface area contributed by atoms with E-state index >= 15 is 0 Å². The van der Waals surface area contributed by atoms with Gasteiger partial charge in [0.1, 0.15) is 6.61 Å². The van der Waals surface area contributed by atoms with E-state index in [1.165, 1.54) is 11.8 Å². The van der Waals surface area contributed by atoms with E-state index in [0.717, 1.165) is 24.2 Å². The molecule has 1 aromatic rings. The molecule has 0 aliphatic carbocycles. The van der Waals surface area contributed by atoms with Crippen molar-refractivity contribution in [3.05, 3.63) is 29.8 Å². The Morgan fingerprint density at radius 2 is 1.73 bits per heavy atom. The van der Waals surface area contributed by atoms with E-state index < -0.39 is 24.0 Å². The minimum atomic E-state index is -0.797. The number of likely N-dealkylation sites (tertiary alicyclic amines) is 1. The Morgan fingerprint density at radius 1 is 1.02 bits per heavy atom. The van der Waals surface area contributed by atoms with Gasteiger partial charge in [0.25, 0.3) is 0 Å². The van der Waals surface area contributed by atoms with Crippen molar-refractivity contribution < 1.29 is 38.3 Å². The van der Waals surface area contributed by atoms with E-state index in [1.54, 1.807) is 36.0 Å². The molecule has 1 aromatic carbocycles. The highest BCUT2D eigenvalue weighted by atomic mass is 32.2. The number of urea groups is 1. The first kappa shape index (κ1) is 41.2. The number of ether oxygens (including phenoxy) is 1. The second-order valence-electron chi connectivity index (χ2n) is 12.7. The van der Waals surface area contributed by atoms with Gasteiger partial charge in [-0.1, -0.05) is 45.7 Å². The lowest BCUT2D eigenvalue weighted by atomic mass is 9.89. The van der Waals surface area contributed by atoms with Gasteiger partial charge in [0.15, 0.2) is 5.78 Å². The normalized spacial score (nSPS) is 15.5. The predicted octanol–water partition coefficient (Wildman–Crippen LogP) is 4.07. The summed E-state index contributed by atoms with van der Waals surface area (Å²) in [7, 11) is 0. The summed E-state index contributed by atoms with van der Waals surface area (Å²) in [6.07, 6.45) is 4.84. The zero-order valence-corrected chi connectivity index (χ0v) is 30.0. The molecule has 49 heavy (non-hydrogen) atoms. The van der Waals surface area contributed by atoms with Crippen LogP contribution in [0.15, 0.2) is 24.3 Å². The first-order valence-electron chi connectivity index (χ1n) is 17.2. The van der Waals surface area contributed by atoms with Crippen molar-refractivity contribution in [2.45, 2.75) is 110 Å². The highest BCUT2D eigenvalue weighted by molar-refractivity contribution is 8.00. The number of Topliss-reactive ketones (excluding diaryl/α,β-unsaturated/α-hetero) is 1. The molecule has 2 rings (SSSR count). The molecule has 1 aliphatic heterocycles. The second-order valence-corrected chi connectivity index (χ2v) is 14.0.